The van der Waals surface area contributed by atoms with E-state index in [0.717, 1.165) is 34.9 Å². The van der Waals surface area contributed by atoms with Gasteiger partial charge in [0.05, 0.1) is 5.75 Å². The molecule has 0 radical (unpaired) electrons. The molecule has 0 fully saturated rings. The van der Waals surface area contributed by atoms with Crippen LogP contribution in [0.1, 0.15) is 18.1 Å². The molecule has 1 aromatic heterocycles. The summed E-state index contributed by atoms with van der Waals surface area (Å²) in [4.78, 5) is 10.9. The van der Waals surface area contributed by atoms with Gasteiger partial charge >= 0.3 is 0 Å². The minimum atomic E-state index is 0.162. The Morgan fingerprint density at radius 3 is 2.54 bits per heavy atom. The Hall–Kier alpha value is -2.27. The zero-order chi connectivity index (χ0) is 16.8. The highest BCUT2D eigenvalue weighted by Gasteiger charge is 2.10. The zero-order valence-corrected chi connectivity index (χ0v) is 14.4. The van der Waals surface area contributed by atoms with Crippen molar-refractivity contribution < 1.29 is 18.8 Å². The fraction of sp³-hybridized carbons (Fsp3) is 0.263. The Morgan fingerprint density at radius 1 is 1.08 bits per heavy atom. The molecular formula is C19H20NO3S+. The fourth-order valence-corrected chi connectivity index (χ4v) is 2.97. The SMILES string of the molecule is CC(=O)SCC[n+]1ccc(/C=C/c2ccc3c(c2)OCCO3)cc1. The molecule has 2 aromatic rings. The van der Waals surface area contributed by atoms with Crippen LogP contribution in [0.4, 0.5) is 0 Å². The van der Waals surface area contributed by atoms with Crippen molar-refractivity contribution in [3.8, 4) is 11.5 Å². The van der Waals surface area contributed by atoms with Crippen LogP contribution in [0.3, 0.4) is 0 Å². The Morgan fingerprint density at radius 2 is 1.79 bits per heavy atom. The predicted molar refractivity (Wildman–Crippen MR) is 96.1 cm³/mol. The van der Waals surface area contributed by atoms with Crippen LogP contribution >= 0.6 is 11.8 Å². The molecule has 0 amide bonds. The Bertz CT molecular complexity index is 741. The summed E-state index contributed by atoms with van der Waals surface area (Å²) in [6, 6.07) is 10.1. The maximum atomic E-state index is 10.9. The first-order valence-electron chi connectivity index (χ1n) is 7.91. The van der Waals surface area contributed by atoms with Crippen LogP contribution in [-0.2, 0) is 11.3 Å². The van der Waals surface area contributed by atoms with Gasteiger partial charge in [-0.05, 0) is 23.3 Å². The molecule has 24 heavy (non-hydrogen) atoms. The number of carbonyl (C=O) groups is 1. The van der Waals surface area contributed by atoms with E-state index in [1.165, 1.54) is 11.8 Å². The molecule has 2 heterocycles. The number of fused-ring (bicyclic) bond motifs is 1. The van der Waals surface area contributed by atoms with Gasteiger partial charge in [0.15, 0.2) is 35.6 Å². The van der Waals surface area contributed by atoms with Crippen LogP contribution < -0.4 is 14.0 Å². The molecule has 0 saturated carbocycles. The van der Waals surface area contributed by atoms with E-state index in [-0.39, 0.29) is 5.12 Å². The highest BCUT2D eigenvalue weighted by molar-refractivity contribution is 8.13. The van der Waals surface area contributed by atoms with Crippen LogP contribution in [0.15, 0.2) is 42.7 Å². The molecule has 0 aliphatic carbocycles. The van der Waals surface area contributed by atoms with E-state index in [1.54, 1.807) is 6.92 Å². The molecule has 0 saturated heterocycles. The van der Waals surface area contributed by atoms with E-state index in [4.69, 9.17) is 9.47 Å². The number of nitrogens with zero attached hydrogens (tertiary/aromatic N) is 1. The third-order valence-corrected chi connectivity index (χ3v) is 4.40. The molecule has 0 unspecified atom stereocenters. The molecule has 3 rings (SSSR count). The first-order chi connectivity index (χ1) is 11.7. The normalized spacial score (nSPS) is 13.2. The topological polar surface area (TPSA) is 39.4 Å². The molecule has 4 nitrogen and oxygen atoms in total. The van der Waals surface area contributed by atoms with Gasteiger partial charge in [0.1, 0.15) is 13.2 Å². The number of hydrogen-bond donors (Lipinski definition) is 0. The van der Waals surface area contributed by atoms with E-state index >= 15 is 0 Å². The molecule has 1 aliphatic heterocycles. The van der Waals surface area contributed by atoms with E-state index in [2.05, 4.69) is 28.9 Å². The number of rotatable bonds is 5. The Kier molecular flexibility index (Phi) is 5.54. The number of aryl methyl sites for hydroxylation is 1. The lowest BCUT2D eigenvalue weighted by molar-refractivity contribution is -0.692. The van der Waals surface area contributed by atoms with Crippen LogP contribution in [0.25, 0.3) is 12.2 Å². The summed E-state index contributed by atoms with van der Waals surface area (Å²) >= 11 is 1.35. The van der Waals surface area contributed by atoms with Gasteiger partial charge in [-0.3, -0.25) is 4.79 Å². The maximum Gasteiger partial charge on any atom is 0.186 e. The van der Waals surface area contributed by atoms with Crippen molar-refractivity contribution in [1.82, 2.24) is 0 Å². The van der Waals surface area contributed by atoms with Crippen molar-refractivity contribution in [1.29, 1.82) is 0 Å². The van der Waals surface area contributed by atoms with Crippen molar-refractivity contribution in [3.63, 3.8) is 0 Å². The average molecular weight is 342 g/mol. The molecule has 0 N–H and O–H groups in total. The number of ether oxygens (including phenoxy) is 2. The Labute approximate surface area is 146 Å². The summed E-state index contributed by atoms with van der Waals surface area (Å²) in [5.74, 6) is 2.41. The lowest BCUT2D eigenvalue weighted by Gasteiger charge is -2.18. The monoisotopic (exact) mass is 342 g/mol. The summed E-state index contributed by atoms with van der Waals surface area (Å²) in [7, 11) is 0. The molecule has 1 aromatic carbocycles. The van der Waals surface area contributed by atoms with Crippen LogP contribution in [0, 0.1) is 0 Å². The maximum absolute atomic E-state index is 10.9. The van der Waals surface area contributed by atoms with Crippen molar-refractivity contribution >= 4 is 29.0 Å². The summed E-state index contributed by atoms with van der Waals surface area (Å²) < 4.78 is 13.2. The Balaban J connectivity index is 1.61. The third kappa shape index (κ3) is 4.61. The molecule has 124 valence electrons. The lowest BCUT2D eigenvalue weighted by atomic mass is 10.1. The second-order valence-electron chi connectivity index (χ2n) is 5.45. The van der Waals surface area contributed by atoms with Gasteiger partial charge in [0.25, 0.3) is 0 Å². The van der Waals surface area contributed by atoms with Crippen LogP contribution in [0.2, 0.25) is 0 Å². The summed E-state index contributed by atoms with van der Waals surface area (Å²) in [5, 5.41) is 0.162. The standard InChI is InChI=1S/C19H20NO3S/c1-15(21)24-13-10-20-8-6-16(7-9-20)2-3-17-4-5-18-19(14-17)23-12-11-22-18/h2-9,14H,10-13H2,1H3/q+1/b3-2+. The van der Waals surface area contributed by atoms with E-state index in [0.29, 0.717) is 13.2 Å². The van der Waals surface area contributed by atoms with E-state index in [9.17, 15) is 4.79 Å². The van der Waals surface area contributed by atoms with Crippen molar-refractivity contribution in [3.05, 3.63) is 53.9 Å². The molecule has 5 heteroatoms. The van der Waals surface area contributed by atoms with Gasteiger partial charge in [-0.25, -0.2) is 4.57 Å². The largest absolute Gasteiger partial charge is 0.486 e. The average Bonchev–Trinajstić information content (AvgIpc) is 2.60. The molecule has 0 bridgehead atoms. The van der Waals surface area contributed by atoms with Crippen molar-refractivity contribution in [2.75, 3.05) is 19.0 Å². The highest BCUT2D eigenvalue weighted by atomic mass is 32.2. The number of thioether (sulfide) groups is 1. The predicted octanol–water partition coefficient (Wildman–Crippen LogP) is 3.20. The van der Waals surface area contributed by atoms with Crippen molar-refractivity contribution in [2.24, 2.45) is 0 Å². The summed E-state index contributed by atoms with van der Waals surface area (Å²) in [5.41, 5.74) is 2.20. The second-order valence-corrected chi connectivity index (χ2v) is 6.72. The first-order valence-corrected chi connectivity index (χ1v) is 8.89. The number of hydrogen-bond acceptors (Lipinski definition) is 4. The van der Waals surface area contributed by atoms with Crippen molar-refractivity contribution in [2.45, 2.75) is 13.5 Å². The summed E-state index contributed by atoms with van der Waals surface area (Å²) in [6.45, 7) is 3.63. The minimum Gasteiger partial charge on any atom is -0.486 e. The van der Waals surface area contributed by atoms with Gasteiger partial charge in [-0.1, -0.05) is 30.0 Å². The molecule has 0 spiro atoms. The minimum absolute atomic E-state index is 0.162. The van der Waals surface area contributed by atoms with Gasteiger partial charge in [0.2, 0.25) is 0 Å². The van der Waals surface area contributed by atoms with E-state index < -0.39 is 0 Å². The fourth-order valence-electron chi connectivity index (χ4n) is 2.38. The van der Waals surface area contributed by atoms with Gasteiger partial charge in [-0.15, -0.1) is 0 Å². The first kappa shape index (κ1) is 16.6. The number of pyridine rings is 1. The smallest absolute Gasteiger partial charge is 0.186 e. The quantitative estimate of drug-likeness (QED) is 0.783. The zero-order valence-electron chi connectivity index (χ0n) is 13.6. The highest BCUT2D eigenvalue weighted by Crippen LogP contribution is 2.31. The van der Waals surface area contributed by atoms with Crippen LogP contribution in [-0.4, -0.2) is 24.1 Å². The molecule has 0 atom stereocenters. The third-order valence-electron chi connectivity index (χ3n) is 3.61. The summed E-state index contributed by atoms with van der Waals surface area (Å²) in [6.07, 6.45) is 8.19. The van der Waals surface area contributed by atoms with Gasteiger partial charge in [0, 0.05) is 19.1 Å². The number of aromatic nitrogens is 1. The van der Waals surface area contributed by atoms with Gasteiger partial charge in [-0.2, -0.15) is 0 Å². The van der Waals surface area contributed by atoms with E-state index in [1.807, 2.05) is 30.6 Å². The number of benzene rings is 1. The molecule has 1 aliphatic rings. The van der Waals surface area contributed by atoms with Crippen LogP contribution in [0.5, 0.6) is 11.5 Å². The molecular weight excluding hydrogens is 322 g/mol. The lowest BCUT2D eigenvalue weighted by Crippen LogP contribution is -2.33. The van der Waals surface area contributed by atoms with Gasteiger partial charge < -0.3 is 9.47 Å². The number of carbonyl (C=O) groups excluding carboxylic acids is 1. The second kappa shape index (κ2) is 8.02.